The van der Waals surface area contributed by atoms with E-state index >= 15 is 0 Å². The predicted molar refractivity (Wildman–Crippen MR) is 254 cm³/mol. The van der Waals surface area contributed by atoms with E-state index in [-0.39, 0.29) is 35.1 Å². The molecule has 3 heterocycles. The van der Waals surface area contributed by atoms with Gasteiger partial charge in [-0.1, -0.05) is 157 Å². The number of allylic oxidation sites excluding steroid dienone is 1. The summed E-state index contributed by atoms with van der Waals surface area (Å²) >= 11 is 1.00. The van der Waals surface area contributed by atoms with Gasteiger partial charge in [-0.2, -0.15) is 8.42 Å². The Bertz CT molecular complexity index is 2830. The number of thiazole rings is 1. The molecule has 17 heteroatoms. The quantitative estimate of drug-likeness (QED) is 0.0252. The molecular formula is C51H47N5O10S2. The number of fused-ring (bicyclic) bond motifs is 1. The van der Waals surface area contributed by atoms with Crippen molar-refractivity contribution in [2.75, 3.05) is 11.6 Å². The first-order chi connectivity index (χ1) is 32.6. The van der Waals surface area contributed by atoms with Crippen LogP contribution in [0.2, 0.25) is 0 Å². The summed E-state index contributed by atoms with van der Waals surface area (Å²) in [5, 5.41) is 11.6. The summed E-state index contributed by atoms with van der Waals surface area (Å²) in [6.07, 6.45) is -0.868. The van der Waals surface area contributed by atoms with Gasteiger partial charge in [0.1, 0.15) is 17.3 Å². The smallest absolute Gasteiger partial charge is 0.413 e. The summed E-state index contributed by atoms with van der Waals surface area (Å²) in [5.74, 6) is -2.89. The lowest BCUT2D eigenvalue weighted by Gasteiger charge is -2.49. The van der Waals surface area contributed by atoms with Crippen LogP contribution >= 0.6 is 11.3 Å². The van der Waals surface area contributed by atoms with Gasteiger partial charge in [0.25, 0.3) is 11.8 Å². The zero-order valence-corrected chi connectivity index (χ0v) is 39.0. The number of ether oxygens (including phenoxy) is 2. The summed E-state index contributed by atoms with van der Waals surface area (Å²) in [6.45, 7) is 5.15. The van der Waals surface area contributed by atoms with Gasteiger partial charge in [0.05, 0.1) is 12.3 Å². The highest BCUT2D eigenvalue weighted by atomic mass is 32.2. The minimum atomic E-state index is -4.17. The molecule has 348 valence electrons. The molecule has 0 spiro atoms. The number of nitrogens with one attached hydrogen (secondary N) is 2. The van der Waals surface area contributed by atoms with Gasteiger partial charge in [-0.05, 0) is 38.3 Å². The van der Waals surface area contributed by atoms with Crippen LogP contribution in [0.15, 0.2) is 174 Å². The first kappa shape index (κ1) is 46.9. The highest BCUT2D eigenvalue weighted by molar-refractivity contribution is 7.86. The van der Waals surface area contributed by atoms with E-state index in [0.29, 0.717) is 27.8 Å². The lowest BCUT2D eigenvalue weighted by Crippen LogP contribution is -2.72. The maximum absolute atomic E-state index is 14.8. The van der Waals surface area contributed by atoms with E-state index in [4.69, 9.17) is 18.5 Å². The number of oxime groups is 1. The fraction of sp³-hybridized carbons (Fsp3) is 0.216. The van der Waals surface area contributed by atoms with Gasteiger partial charge in [0, 0.05) is 28.5 Å². The SMILES string of the molecule is CC(C)(C)OC(=O)Nc1nc(/C(=N/OC(c2ccccc2)(c2ccccc2)c2ccccc2)C(=O)N[C@@H]2C(=O)N3C(C(=O)OC(c4ccccc4)c4ccccc4)=C(OS(C)(=O)=O)CC[C@H]23)cs1. The molecule has 0 unspecified atom stereocenters. The number of benzene rings is 5. The lowest BCUT2D eigenvalue weighted by atomic mass is 9.80. The summed E-state index contributed by atoms with van der Waals surface area (Å²) in [6, 6.07) is 43.9. The third-order valence-electron chi connectivity index (χ3n) is 10.9. The average Bonchev–Trinajstić information content (AvgIpc) is 3.78. The Hall–Kier alpha value is -7.63. The molecule has 68 heavy (non-hydrogen) atoms. The fourth-order valence-corrected chi connectivity index (χ4v) is 9.27. The Morgan fingerprint density at radius 2 is 1.28 bits per heavy atom. The molecule has 5 aromatic carbocycles. The van der Waals surface area contributed by atoms with Crippen LogP contribution in [0.25, 0.3) is 0 Å². The highest BCUT2D eigenvalue weighted by Crippen LogP contribution is 2.42. The lowest BCUT2D eigenvalue weighted by molar-refractivity contribution is -0.159. The topological polar surface area (TPSA) is 192 Å². The van der Waals surface area contributed by atoms with Gasteiger partial charge in [-0.3, -0.25) is 19.8 Å². The first-order valence-corrected chi connectivity index (χ1v) is 24.3. The highest BCUT2D eigenvalue weighted by Gasteiger charge is 2.55. The Morgan fingerprint density at radius 1 is 0.779 bits per heavy atom. The molecule has 1 saturated heterocycles. The second kappa shape index (κ2) is 19.7. The molecule has 15 nitrogen and oxygen atoms in total. The number of β-lactam (4-membered cyclic amide) rings is 1. The Kier molecular flexibility index (Phi) is 13.6. The number of hydrogen-bond donors (Lipinski definition) is 2. The third kappa shape index (κ3) is 10.3. The second-order valence-electron chi connectivity index (χ2n) is 16.9. The largest absolute Gasteiger partial charge is 0.448 e. The zero-order valence-electron chi connectivity index (χ0n) is 37.4. The summed E-state index contributed by atoms with van der Waals surface area (Å²) in [7, 11) is -4.17. The number of hydrogen-bond acceptors (Lipinski definition) is 13. The minimum absolute atomic E-state index is 0.00483. The molecule has 2 aliphatic heterocycles. The number of carbonyl (C=O) groups is 4. The molecular weight excluding hydrogens is 907 g/mol. The molecule has 0 aliphatic carbocycles. The maximum Gasteiger partial charge on any atom is 0.413 e. The van der Waals surface area contributed by atoms with E-state index in [9.17, 15) is 27.6 Å². The van der Waals surface area contributed by atoms with Gasteiger partial charge in [-0.15, -0.1) is 11.3 Å². The summed E-state index contributed by atoms with van der Waals surface area (Å²) in [4.78, 5) is 68.7. The summed E-state index contributed by atoms with van der Waals surface area (Å²) in [5.41, 5.74) is 0.305. The molecule has 1 aromatic heterocycles. The van der Waals surface area contributed by atoms with Crippen molar-refractivity contribution in [1.29, 1.82) is 0 Å². The van der Waals surface area contributed by atoms with Crippen LogP contribution < -0.4 is 10.6 Å². The zero-order chi connectivity index (χ0) is 48.1. The fourth-order valence-electron chi connectivity index (χ4n) is 8.07. The number of anilines is 1. The number of rotatable bonds is 15. The van der Waals surface area contributed by atoms with Crippen molar-refractivity contribution in [2.45, 2.75) is 63.0 Å². The number of carbonyl (C=O) groups excluding carboxylic acids is 4. The molecule has 2 atom stereocenters. The van der Waals surface area contributed by atoms with Crippen LogP contribution in [-0.4, -0.2) is 71.8 Å². The number of aromatic nitrogens is 1. The normalized spacial score (nSPS) is 16.3. The molecule has 2 N–H and O–H groups in total. The monoisotopic (exact) mass is 953 g/mol. The van der Waals surface area contributed by atoms with E-state index in [0.717, 1.165) is 22.5 Å². The van der Waals surface area contributed by atoms with Crippen molar-refractivity contribution in [1.82, 2.24) is 15.2 Å². The molecule has 0 radical (unpaired) electrons. The Balaban J connectivity index is 1.15. The van der Waals surface area contributed by atoms with Gasteiger partial charge >= 0.3 is 22.2 Å². The van der Waals surface area contributed by atoms with Crippen molar-refractivity contribution < 1.29 is 46.1 Å². The number of nitrogens with zero attached hydrogens (tertiary/aromatic N) is 3. The second-order valence-corrected chi connectivity index (χ2v) is 19.3. The van der Waals surface area contributed by atoms with E-state index in [1.165, 1.54) is 5.38 Å². The summed E-state index contributed by atoms with van der Waals surface area (Å²) < 4.78 is 41.9. The minimum Gasteiger partial charge on any atom is -0.448 e. The van der Waals surface area contributed by atoms with Crippen molar-refractivity contribution in [3.63, 3.8) is 0 Å². The van der Waals surface area contributed by atoms with E-state index in [1.807, 2.05) is 103 Å². The molecule has 3 amide bonds. The molecule has 6 aromatic rings. The van der Waals surface area contributed by atoms with Crippen LogP contribution in [0.5, 0.6) is 0 Å². The van der Waals surface area contributed by atoms with Gasteiger partial charge in [-0.25, -0.2) is 14.6 Å². The van der Waals surface area contributed by atoms with Crippen LogP contribution in [0.3, 0.4) is 0 Å². The first-order valence-electron chi connectivity index (χ1n) is 21.6. The van der Waals surface area contributed by atoms with Crippen LogP contribution in [-0.2, 0) is 48.6 Å². The number of amides is 3. The molecule has 1 fully saturated rings. The standard InChI is InChI=1S/C51H47N5O10S2/c1-50(2,3)64-49(60)54-48-52-38(32-67-48)41(55-66-51(35-24-14-7-15-25-35,36-26-16-8-17-27-36)37-28-18-9-19-29-37)45(57)53-42-39-30-31-40(65-68(4,61)62)43(56(39)46(42)58)47(59)63-44(33-20-10-5-11-21-33)34-22-12-6-13-23-34/h5-29,32,39,42,44H,30-31H2,1-4H3,(H,53,57)(H,52,54,60)/b55-41-/t39-,42+/m1/s1. The third-order valence-corrected chi connectivity index (χ3v) is 12.2. The van der Waals surface area contributed by atoms with E-state index < -0.39 is 69.1 Å². The van der Waals surface area contributed by atoms with Gasteiger partial charge < -0.3 is 23.8 Å². The van der Waals surface area contributed by atoms with Gasteiger partial charge in [0.15, 0.2) is 28.4 Å². The molecule has 0 bridgehead atoms. The molecule has 8 rings (SSSR count). The van der Waals surface area contributed by atoms with Crippen molar-refractivity contribution in [3.05, 3.63) is 202 Å². The number of esters is 1. The Labute approximate surface area is 397 Å². The maximum atomic E-state index is 14.8. The van der Waals surface area contributed by atoms with Gasteiger partial charge in [0.2, 0.25) is 5.60 Å². The average molecular weight is 954 g/mol. The van der Waals surface area contributed by atoms with Crippen molar-refractivity contribution >= 4 is 56.2 Å². The van der Waals surface area contributed by atoms with Crippen molar-refractivity contribution in [3.8, 4) is 0 Å². The van der Waals surface area contributed by atoms with E-state index in [2.05, 4.69) is 20.8 Å². The van der Waals surface area contributed by atoms with Crippen LogP contribution in [0.1, 0.15) is 73.2 Å². The van der Waals surface area contributed by atoms with Crippen LogP contribution in [0.4, 0.5) is 9.93 Å². The van der Waals surface area contributed by atoms with Crippen LogP contribution in [0, 0.1) is 0 Å². The van der Waals surface area contributed by atoms with E-state index in [1.54, 1.807) is 69.3 Å². The molecule has 0 saturated carbocycles. The Morgan fingerprint density at radius 3 is 1.76 bits per heavy atom. The predicted octanol–water partition coefficient (Wildman–Crippen LogP) is 8.21. The molecule has 2 aliphatic rings. The van der Waals surface area contributed by atoms with Crippen molar-refractivity contribution in [2.24, 2.45) is 5.16 Å².